The molecule has 104 valence electrons. The van der Waals surface area contributed by atoms with Crippen LogP contribution in [0.4, 0.5) is 0 Å². The van der Waals surface area contributed by atoms with Crippen molar-refractivity contribution in [2.24, 2.45) is 0 Å². The topological polar surface area (TPSA) is 47.9 Å². The standard InChI is InChI=1S/C15H20O4/c1-17-13-4-2-12(3-5-13)14(16)6-8-15(9-7-14)18-10-11-19-15/h2-5,16H,6-11H2,1H3. The highest BCUT2D eigenvalue weighted by Gasteiger charge is 2.46. The first-order valence-electron chi connectivity index (χ1n) is 6.81. The summed E-state index contributed by atoms with van der Waals surface area (Å²) in [6.07, 6.45) is 2.82. The molecule has 0 atom stereocenters. The molecule has 4 nitrogen and oxygen atoms in total. The number of hydrogen-bond donors (Lipinski definition) is 1. The summed E-state index contributed by atoms with van der Waals surface area (Å²) in [5.41, 5.74) is 0.175. The quantitative estimate of drug-likeness (QED) is 0.889. The van der Waals surface area contributed by atoms with Crippen LogP contribution < -0.4 is 4.74 Å². The molecule has 4 heteroatoms. The van der Waals surface area contributed by atoms with Gasteiger partial charge in [-0.15, -0.1) is 0 Å². The first-order valence-corrected chi connectivity index (χ1v) is 6.81. The summed E-state index contributed by atoms with van der Waals surface area (Å²) in [6.45, 7) is 1.34. The van der Waals surface area contributed by atoms with E-state index in [1.165, 1.54) is 0 Å². The van der Waals surface area contributed by atoms with Crippen LogP contribution in [0.5, 0.6) is 5.75 Å². The Balaban J connectivity index is 1.73. The highest BCUT2D eigenvalue weighted by atomic mass is 16.7. The van der Waals surface area contributed by atoms with Crippen LogP contribution in [0, 0.1) is 0 Å². The lowest BCUT2D eigenvalue weighted by molar-refractivity contribution is -0.204. The Labute approximate surface area is 113 Å². The van der Waals surface area contributed by atoms with Crippen molar-refractivity contribution >= 4 is 0 Å². The molecular weight excluding hydrogens is 244 g/mol. The largest absolute Gasteiger partial charge is 0.497 e. The van der Waals surface area contributed by atoms with E-state index < -0.39 is 11.4 Å². The molecule has 1 aromatic rings. The molecule has 0 radical (unpaired) electrons. The molecule has 1 saturated heterocycles. The van der Waals surface area contributed by atoms with Gasteiger partial charge in [0.2, 0.25) is 0 Å². The highest BCUT2D eigenvalue weighted by molar-refractivity contribution is 5.31. The Morgan fingerprint density at radius 1 is 1.00 bits per heavy atom. The number of methoxy groups -OCH3 is 1. The van der Waals surface area contributed by atoms with Gasteiger partial charge in [-0.05, 0) is 30.5 Å². The second kappa shape index (κ2) is 4.78. The van der Waals surface area contributed by atoms with E-state index in [-0.39, 0.29) is 0 Å². The van der Waals surface area contributed by atoms with E-state index in [1.807, 2.05) is 24.3 Å². The van der Waals surface area contributed by atoms with E-state index in [0.717, 1.165) is 24.2 Å². The smallest absolute Gasteiger partial charge is 0.168 e. The van der Waals surface area contributed by atoms with Crippen molar-refractivity contribution in [2.45, 2.75) is 37.1 Å². The monoisotopic (exact) mass is 264 g/mol. The minimum absolute atomic E-state index is 0.432. The molecule has 1 N–H and O–H groups in total. The Morgan fingerprint density at radius 2 is 1.58 bits per heavy atom. The fraction of sp³-hybridized carbons (Fsp3) is 0.600. The predicted octanol–water partition coefficient (Wildman–Crippen LogP) is 2.20. The van der Waals surface area contributed by atoms with Crippen molar-refractivity contribution < 1.29 is 19.3 Å². The van der Waals surface area contributed by atoms with Crippen LogP contribution in [0.3, 0.4) is 0 Å². The maximum atomic E-state index is 10.8. The molecule has 1 saturated carbocycles. The molecule has 0 bridgehead atoms. The number of aliphatic hydroxyl groups is 1. The zero-order valence-electron chi connectivity index (χ0n) is 11.2. The fourth-order valence-corrected chi connectivity index (χ4v) is 3.02. The minimum atomic E-state index is -0.771. The molecule has 1 heterocycles. The summed E-state index contributed by atoms with van der Waals surface area (Å²) in [5.74, 6) is 0.376. The lowest BCUT2D eigenvalue weighted by atomic mass is 9.77. The van der Waals surface area contributed by atoms with Crippen molar-refractivity contribution in [3.05, 3.63) is 29.8 Å². The zero-order valence-corrected chi connectivity index (χ0v) is 11.2. The third kappa shape index (κ3) is 2.36. The van der Waals surface area contributed by atoms with Crippen molar-refractivity contribution in [1.29, 1.82) is 0 Å². The molecule has 1 aromatic carbocycles. The second-order valence-corrected chi connectivity index (χ2v) is 5.37. The lowest BCUT2D eigenvalue weighted by Crippen LogP contribution is -2.42. The van der Waals surface area contributed by atoms with Gasteiger partial charge in [-0.3, -0.25) is 0 Å². The van der Waals surface area contributed by atoms with Crippen LogP contribution in [0.15, 0.2) is 24.3 Å². The minimum Gasteiger partial charge on any atom is -0.497 e. The lowest BCUT2D eigenvalue weighted by Gasteiger charge is -2.40. The van der Waals surface area contributed by atoms with Gasteiger partial charge in [0.15, 0.2) is 5.79 Å². The van der Waals surface area contributed by atoms with Gasteiger partial charge >= 0.3 is 0 Å². The maximum Gasteiger partial charge on any atom is 0.168 e. The van der Waals surface area contributed by atoms with Gasteiger partial charge in [-0.2, -0.15) is 0 Å². The van der Waals surface area contributed by atoms with Crippen molar-refractivity contribution in [3.8, 4) is 5.75 Å². The van der Waals surface area contributed by atoms with Crippen LogP contribution in [0.25, 0.3) is 0 Å². The third-order valence-corrected chi connectivity index (χ3v) is 4.28. The average Bonchev–Trinajstić information content (AvgIpc) is 2.92. The number of benzene rings is 1. The normalized spacial score (nSPS) is 24.5. The van der Waals surface area contributed by atoms with Gasteiger partial charge in [0.25, 0.3) is 0 Å². The van der Waals surface area contributed by atoms with E-state index >= 15 is 0 Å². The first kappa shape index (κ1) is 12.9. The van der Waals surface area contributed by atoms with Gasteiger partial charge in [0.05, 0.1) is 25.9 Å². The molecule has 2 aliphatic rings. The summed E-state index contributed by atoms with van der Waals surface area (Å²) in [7, 11) is 1.64. The summed E-state index contributed by atoms with van der Waals surface area (Å²) >= 11 is 0. The summed E-state index contributed by atoms with van der Waals surface area (Å²) in [5, 5.41) is 10.8. The molecule has 0 amide bonds. The van der Waals surface area contributed by atoms with E-state index in [0.29, 0.717) is 26.1 Å². The first-order chi connectivity index (χ1) is 9.16. The van der Waals surface area contributed by atoms with Crippen LogP contribution in [-0.4, -0.2) is 31.2 Å². The molecular formula is C15H20O4. The zero-order chi connectivity index (χ0) is 13.3. The number of hydrogen-bond acceptors (Lipinski definition) is 4. The Morgan fingerprint density at radius 3 is 2.11 bits per heavy atom. The summed E-state index contributed by atoms with van der Waals surface area (Å²) in [6, 6.07) is 7.65. The van der Waals surface area contributed by atoms with E-state index in [9.17, 15) is 5.11 Å². The number of ether oxygens (including phenoxy) is 3. The third-order valence-electron chi connectivity index (χ3n) is 4.28. The number of rotatable bonds is 2. The Hall–Kier alpha value is -1.10. The molecule has 0 aromatic heterocycles. The van der Waals surface area contributed by atoms with E-state index in [4.69, 9.17) is 14.2 Å². The van der Waals surface area contributed by atoms with Crippen LogP contribution >= 0.6 is 0 Å². The molecule has 3 rings (SSSR count). The second-order valence-electron chi connectivity index (χ2n) is 5.37. The SMILES string of the molecule is COc1ccc(C2(O)CCC3(CC2)OCCO3)cc1. The average molecular weight is 264 g/mol. The van der Waals surface area contributed by atoms with Gasteiger partial charge in [-0.1, -0.05) is 12.1 Å². The van der Waals surface area contributed by atoms with Crippen molar-refractivity contribution in [2.75, 3.05) is 20.3 Å². The summed E-state index contributed by atoms with van der Waals surface area (Å²) in [4.78, 5) is 0. The van der Waals surface area contributed by atoms with Gasteiger partial charge in [0, 0.05) is 12.8 Å². The molecule has 2 fully saturated rings. The Bertz CT molecular complexity index is 424. The van der Waals surface area contributed by atoms with Crippen LogP contribution in [0.2, 0.25) is 0 Å². The van der Waals surface area contributed by atoms with Crippen LogP contribution in [0.1, 0.15) is 31.2 Å². The van der Waals surface area contributed by atoms with Crippen molar-refractivity contribution in [3.63, 3.8) is 0 Å². The van der Waals surface area contributed by atoms with E-state index in [1.54, 1.807) is 7.11 Å². The van der Waals surface area contributed by atoms with Gasteiger partial charge < -0.3 is 19.3 Å². The molecule has 19 heavy (non-hydrogen) atoms. The Kier molecular flexibility index (Phi) is 3.25. The van der Waals surface area contributed by atoms with Gasteiger partial charge in [0.1, 0.15) is 5.75 Å². The van der Waals surface area contributed by atoms with E-state index in [2.05, 4.69) is 0 Å². The molecule has 1 aliphatic carbocycles. The molecule has 1 aliphatic heterocycles. The summed E-state index contributed by atoms with van der Waals surface area (Å²) < 4.78 is 16.5. The highest BCUT2D eigenvalue weighted by Crippen LogP contribution is 2.44. The fourth-order valence-electron chi connectivity index (χ4n) is 3.02. The molecule has 1 spiro atoms. The predicted molar refractivity (Wildman–Crippen MR) is 70.0 cm³/mol. The molecule has 0 unspecified atom stereocenters. The van der Waals surface area contributed by atoms with Crippen LogP contribution in [-0.2, 0) is 15.1 Å². The van der Waals surface area contributed by atoms with Gasteiger partial charge in [-0.25, -0.2) is 0 Å². The maximum absolute atomic E-state index is 10.8. The van der Waals surface area contributed by atoms with Crippen molar-refractivity contribution in [1.82, 2.24) is 0 Å².